The van der Waals surface area contributed by atoms with Crippen LogP contribution in [-0.2, 0) is 9.53 Å². The summed E-state index contributed by atoms with van der Waals surface area (Å²) in [5, 5.41) is 16.5. The molecule has 0 bridgehead atoms. The molecule has 1 aromatic carbocycles. The van der Waals surface area contributed by atoms with E-state index in [0.717, 1.165) is 12.0 Å². The van der Waals surface area contributed by atoms with Crippen molar-refractivity contribution >= 4 is 11.6 Å². The van der Waals surface area contributed by atoms with Crippen LogP contribution in [0.4, 0.5) is 5.69 Å². The number of nitrogens with zero attached hydrogens (tertiary/aromatic N) is 3. The van der Waals surface area contributed by atoms with Gasteiger partial charge < -0.3 is 15.8 Å². The number of benzene rings is 1. The molecule has 4 N–H and O–H groups in total. The maximum Gasteiger partial charge on any atom is 0.241 e. The molecule has 8 nitrogen and oxygen atoms in total. The smallest absolute Gasteiger partial charge is 0.241 e. The minimum absolute atomic E-state index is 0.226. The molecule has 8 heteroatoms. The van der Waals surface area contributed by atoms with Gasteiger partial charge >= 0.3 is 0 Å². The molecule has 2 rings (SSSR count). The molecule has 1 aromatic heterocycles. The number of nitrogens with two attached hydrogens (primary N) is 1. The topological polar surface area (TPSA) is 119 Å². The van der Waals surface area contributed by atoms with Crippen molar-refractivity contribution in [2.45, 2.75) is 18.9 Å². The first kappa shape index (κ1) is 15.1. The van der Waals surface area contributed by atoms with E-state index in [1.54, 1.807) is 25.3 Å². The van der Waals surface area contributed by atoms with Crippen LogP contribution in [0.3, 0.4) is 0 Å². The van der Waals surface area contributed by atoms with Gasteiger partial charge in [-0.05, 0) is 30.2 Å². The minimum Gasteiger partial charge on any atom is -0.385 e. The van der Waals surface area contributed by atoms with Crippen molar-refractivity contribution in [1.29, 1.82) is 0 Å². The van der Waals surface area contributed by atoms with Crippen molar-refractivity contribution in [3.05, 3.63) is 24.3 Å². The first-order valence-corrected chi connectivity index (χ1v) is 6.60. The molecule has 1 atom stereocenters. The molecule has 0 saturated carbocycles. The van der Waals surface area contributed by atoms with E-state index < -0.39 is 6.04 Å². The predicted molar refractivity (Wildman–Crippen MR) is 77.3 cm³/mol. The Morgan fingerprint density at radius 3 is 3.10 bits per heavy atom. The predicted octanol–water partition coefficient (Wildman–Crippen LogP) is 0.559. The van der Waals surface area contributed by atoms with E-state index in [1.807, 2.05) is 6.07 Å². The molecule has 0 radical (unpaired) electrons. The zero-order valence-corrected chi connectivity index (χ0v) is 11.7. The SMILES string of the molecule is COCCCC(N)C(=O)Nc1cccc(-c2nn[nH]n2)c1. The molecule has 0 aliphatic carbocycles. The van der Waals surface area contributed by atoms with Gasteiger partial charge in [-0.3, -0.25) is 4.79 Å². The van der Waals surface area contributed by atoms with Gasteiger partial charge in [0.15, 0.2) is 0 Å². The van der Waals surface area contributed by atoms with Crippen LogP contribution in [-0.4, -0.2) is 46.3 Å². The van der Waals surface area contributed by atoms with Crippen LogP contribution in [0.2, 0.25) is 0 Å². The molecule has 21 heavy (non-hydrogen) atoms. The monoisotopic (exact) mass is 290 g/mol. The molecule has 0 saturated heterocycles. The fraction of sp³-hybridized carbons (Fsp3) is 0.385. The number of hydrogen-bond donors (Lipinski definition) is 3. The van der Waals surface area contributed by atoms with E-state index in [0.29, 0.717) is 24.5 Å². The quantitative estimate of drug-likeness (QED) is 0.641. The van der Waals surface area contributed by atoms with Gasteiger partial charge in [0.2, 0.25) is 11.7 Å². The van der Waals surface area contributed by atoms with E-state index in [2.05, 4.69) is 25.9 Å². The summed E-state index contributed by atoms with van der Waals surface area (Å²) in [5.41, 5.74) is 7.23. The van der Waals surface area contributed by atoms with Gasteiger partial charge in [-0.2, -0.15) is 5.21 Å². The fourth-order valence-electron chi connectivity index (χ4n) is 1.83. The van der Waals surface area contributed by atoms with Gasteiger partial charge in [0.1, 0.15) is 0 Å². The molecule has 0 spiro atoms. The molecule has 1 heterocycles. The van der Waals surface area contributed by atoms with Crippen molar-refractivity contribution in [3.8, 4) is 11.4 Å². The molecule has 0 fully saturated rings. The highest BCUT2D eigenvalue weighted by molar-refractivity contribution is 5.95. The second-order valence-electron chi connectivity index (χ2n) is 4.55. The van der Waals surface area contributed by atoms with Gasteiger partial charge in [0, 0.05) is 25.0 Å². The molecular formula is C13H18N6O2. The number of aromatic nitrogens is 4. The van der Waals surface area contributed by atoms with Gasteiger partial charge in [-0.15, -0.1) is 10.2 Å². The maximum absolute atomic E-state index is 12.0. The second-order valence-corrected chi connectivity index (χ2v) is 4.55. The summed E-state index contributed by atoms with van der Waals surface area (Å²) in [6, 6.07) is 6.62. The largest absolute Gasteiger partial charge is 0.385 e. The zero-order valence-electron chi connectivity index (χ0n) is 11.7. The van der Waals surface area contributed by atoms with Crippen molar-refractivity contribution in [2.24, 2.45) is 5.73 Å². The summed E-state index contributed by atoms with van der Waals surface area (Å²) in [7, 11) is 1.62. The highest BCUT2D eigenvalue weighted by atomic mass is 16.5. The second kappa shape index (κ2) is 7.46. The maximum atomic E-state index is 12.0. The molecule has 1 unspecified atom stereocenters. The van der Waals surface area contributed by atoms with E-state index in [9.17, 15) is 4.79 Å². The van der Waals surface area contributed by atoms with Crippen molar-refractivity contribution in [3.63, 3.8) is 0 Å². The summed E-state index contributed by atoms with van der Waals surface area (Å²) >= 11 is 0. The number of amides is 1. The Kier molecular flexibility index (Phi) is 5.35. The number of ether oxygens (including phenoxy) is 1. The summed E-state index contributed by atoms with van der Waals surface area (Å²) in [6.07, 6.45) is 1.32. The first-order valence-electron chi connectivity index (χ1n) is 6.60. The molecule has 0 aliphatic rings. The van der Waals surface area contributed by atoms with Crippen LogP contribution in [0.5, 0.6) is 0 Å². The number of rotatable bonds is 7. The summed E-state index contributed by atoms with van der Waals surface area (Å²) < 4.78 is 4.94. The summed E-state index contributed by atoms with van der Waals surface area (Å²) in [5.74, 6) is 0.242. The van der Waals surface area contributed by atoms with Crippen LogP contribution in [0.1, 0.15) is 12.8 Å². The van der Waals surface area contributed by atoms with Gasteiger partial charge in [-0.1, -0.05) is 12.1 Å². The average Bonchev–Trinajstić information content (AvgIpc) is 3.02. The zero-order chi connectivity index (χ0) is 15.1. The van der Waals surface area contributed by atoms with Crippen LogP contribution in [0.25, 0.3) is 11.4 Å². The van der Waals surface area contributed by atoms with Crippen LogP contribution < -0.4 is 11.1 Å². The Balaban J connectivity index is 1.96. The molecule has 2 aromatic rings. The number of nitrogens with one attached hydrogen (secondary N) is 2. The third-order valence-corrected chi connectivity index (χ3v) is 2.93. The van der Waals surface area contributed by atoms with Crippen molar-refractivity contribution in [2.75, 3.05) is 19.0 Å². The lowest BCUT2D eigenvalue weighted by molar-refractivity contribution is -0.117. The van der Waals surface area contributed by atoms with Crippen molar-refractivity contribution < 1.29 is 9.53 Å². The number of aromatic amines is 1. The lowest BCUT2D eigenvalue weighted by atomic mass is 10.1. The number of carbonyl (C=O) groups is 1. The van der Waals surface area contributed by atoms with Crippen LogP contribution >= 0.6 is 0 Å². The number of H-pyrrole nitrogens is 1. The number of hydrogen-bond acceptors (Lipinski definition) is 6. The Morgan fingerprint density at radius 2 is 2.38 bits per heavy atom. The van der Waals surface area contributed by atoms with Crippen molar-refractivity contribution in [1.82, 2.24) is 20.6 Å². The summed E-state index contributed by atoms with van der Waals surface area (Å²) in [6.45, 7) is 0.592. The third-order valence-electron chi connectivity index (χ3n) is 2.93. The van der Waals surface area contributed by atoms with E-state index in [4.69, 9.17) is 10.5 Å². The van der Waals surface area contributed by atoms with E-state index in [1.165, 1.54) is 0 Å². The number of methoxy groups -OCH3 is 1. The Morgan fingerprint density at radius 1 is 1.52 bits per heavy atom. The lowest BCUT2D eigenvalue weighted by Gasteiger charge is -2.12. The van der Waals surface area contributed by atoms with E-state index in [-0.39, 0.29) is 5.91 Å². The minimum atomic E-state index is -0.561. The normalized spacial score (nSPS) is 12.1. The van der Waals surface area contributed by atoms with Crippen LogP contribution in [0.15, 0.2) is 24.3 Å². The standard InChI is InChI=1S/C13H18N6O2/c1-21-7-3-6-11(14)13(20)15-10-5-2-4-9(8-10)12-16-18-19-17-12/h2,4-5,8,11H,3,6-7,14H2,1H3,(H,15,20)(H,16,17,18,19). The molecule has 1 amide bonds. The highest BCUT2D eigenvalue weighted by Gasteiger charge is 2.13. The van der Waals surface area contributed by atoms with Gasteiger partial charge in [0.25, 0.3) is 0 Å². The molecule has 0 aliphatic heterocycles. The Labute approximate surface area is 122 Å². The number of anilines is 1. The molecule has 112 valence electrons. The van der Waals surface area contributed by atoms with E-state index >= 15 is 0 Å². The average molecular weight is 290 g/mol. The van der Waals surface area contributed by atoms with Crippen LogP contribution in [0, 0.1) is 0 Å². The van der Waals surface area contributed by atoms with Gasteiger partial charge in [-0.25, -0.2) is 0 Å². The lowest BCUT2D eigenvalue weighted by Crippen LogP contribution is -2.35. The highest BCUT2D eigenvalue weighted by Crippen LogP contribution is 2.18. The summed E-state index contributed by atoms with van der Waals surface area (Å²) in [4.78, 5) is 12.0. The number of tetrazole rings is 1. The molecular weight excluding hydrogens is 272 g/mol. The Hall–Kier alpha value is -2.32. The number of carbonyl (C=O) groups excluding carboxylic acids is 1. The third kappa shape index (κ3) is 4.33. The Bertz CT molecular complexity index is 572. The first-order chi connectivity index (χ1) is 10.2. The fourth-order valence-corrected chi connectivity index (χ4v) is 1.83. The van der Waals surface area contributed by atoms with Gasteiger partial charge in [0.05, 0.1) is 6.04 Å².